The van der Waals surface area contributed by atoms with Crippen LogP contribution in [0.4, 0.5) is 0 Å². The van der Waals surface area contributed by atoms with Crippen LogP contribution in [0.15, 0.2) is 0 Å². The van der Waals surface area contributed by atoms with Gasteiger partial charge in [0.1, 0.15) is 189 Å². The minimum Gasteiger partial charge on any atom is -0.479 e. The van der Waals surface area contributed by atoms with Gasteiger partial charge in [-0.25, -0.2) is 4.79 Å². The Morgan fingerprint density at radius 1 is 0.258 bits per heavy atom. The first-order valence-corrected chi connectivity index (χ1v) is 30.6. The minimum absolute atomic E-state index is 0.343. The highest BCUT2D eigenvalue weighted by molar-refractivity contribution is 5.82. The van der Waals surface area contributed by atoms with Crippen molar-refractivity contribution < 1.29 is 203 Å². The Morgan fingerprint density at radius 3 is 0.722 bits per heavy atom. The summed E-state index contributed by atoms with van der Waals surface area (Å²) in [4.78, 5) is 57.1. The zero-order valence-electron chi connectivity index (χ0n) is 53.4. The van der Waals surface area contributed by atoms with Crippen LogP contribution < -0.4 is 0 Å². The van der Waals surface area contributed by atoms with E-state index in [0.717, 1.165) is 27.7 Å². The van der Waals surface area contributed by atoms with Gasteiger partial charge in [0.25, 0.3) is 0 Å². The number of aliphatic hydroxyl groups excluding tert-OH is 23. The molecule has 0 aromatic carbocycles. The molecule has 8 saturated heterocycles. The van der Waals surface area contributed by atoms with Gasteiger partial charge in [0.2, 0.25) is 0 Å². The van der Waals surface area contributed by atoms with E-state index in [2.05, 4.69) is 0 Å². The van der Waals surface area contributed by atoms with E-state index in [1.807, 2.05) is 0 Å². The first-order chi connectivity index (χ1) is 45.0. The van der Waals surface area contributed by atoms with E-state index in [4.69, 9.17) is 56.8 Å². The van der Waals surface area contributed by atoms with Crippen molar-refractivity contribution in [3.63, 3.8) is 0 Å². The first-order valence-electron chi connectivity index (χ1n) is 30.6. The Labute approximate surface area is 551 Å². The zero-order valence-corrected chi connectivity index (χ0v) is 53.4. The van der Waals surface area contributed by atoms with Gasteiger partial charge in [-0.05, 0) is 55.4 Å². The van der Waals surface area contributed by atoms with Crippen LogP contribution in [0.3, 0.4) is 0 Å². The lowest BCUT2D eigenvalue weighted by molar-refractivity contribution is -0.330. The highest BCUT2D eigenvalue weighted by atomic mass is 16.7. The van der Waals surface area contributed by atoms with E-state index in [-0.39, 0.29) is 19.8 Å². The fourth-order valence-corrected chi connectivity index (χ4v) is 11.2. The van der Waals surface area contributed by atoms with E-state index in [9.17, 15) is 147 Å². The zero-order chi connectivity index (χ0) is 73.6. The number of carboxylic acids is 1. The van der Waals surface area contributed by atoms with Crippen LogP contribution >= 0.6 is 0 Å². The second-order valence-electron chi connectivity index (χ2n) is 24.8. The topological polar surface area (TPSA) is 682 Å². The summed E-state index contributed by atoms with van der Waals surface area (Å²) < 4.78 is 62.7. The van der Waals surface area contributed by atoms with Gasteiger partial charge in [-0.15, -0.1) is 0 Å². The molecular weight excluding hydrogens is 1330 g/mol. The number of carbonyl (C=O) groups excluding carboxylic acids is 4. The van der Waals surface area contributed by atoms with Crippen LogP contribution in [0.1, 0.15) is 55.4 Å². The third kappa shape index (κ3) is 19.9. The summed E-state index contributed by atoms with van der Waals surface area (Å²) in [5, 5.41) is 235. The number of carbonyl (C=O) groups is 5. The molecule has 0 radical (unpaired) electrons. The number of hydrogen-bond acceptors (Lipinski definition) is 40. The molecular formula is C56H94O41. The molecule has 8 rings (SSSR count). The molecule has 41 nitrogen and oxygen atoms in total. The van der Waals surface area contributed by atoms with E-state index in [1.54, 1.807) is 0 Å². The highest BCUT2D eigenvalue weighted by Crippen LogP contribution is 2.33. The lowest BCUT2D eigenvalue weighted by Crippen LogP contribution is -2.65. The Balaban J connectivity index is 0.000000234. The molecule has 97 heavy (non-hydrogen) atoms. The van der Waals surface area contributed by atoms with Gasteiger partial charge in [0.05, 0.1) is 44.2 Å². The van der Waals surface area contributed by atoms with Crippen LogP contribution in [0.25, 0.3) is 0 Å². The van der Waals surface area contributed by atoms with Gasteiger partial charge < -0.3 is 179 Å². The molecule has 564 valence electrons. The van der Waals surface area contributed by atoms with Gasteiger partial charge in [-0.3, -0.25) is 19.2 Å². The normalized spacial score (nSPS) is 49.4. The average molecular weight is 1420 g/mol. The minimum atomic E-state index is -1.83. The number of carboxylic acid groups (broad SMARTS) is 1. The fraction of sp³-hybridized carbons (Fsp3) is 0.911. The Bertz CT molecular complexity index is 2320. The quantitative estimate of drug-likeness (QED) is 0.0682. The summed E-state index contributed by atoms with van der Waals surface area (Å²) in [6.07, 6.45) is -56.8. The fourth-order valence-electron chi connectivity index (χ4n) is 11.2. The molecule has 16 unspecified atom stereocenters. The number of hydrogen-bond donors (Lipinski definition) is 24. The largest absolute Gasteiger partial charge is 0.479 e. The number of ether oxygens (including phenoxy) is 12. The van der Waals surface area contributed by atoms with Crippen LogP contribution in [0, 0.1) is 0 Å². The molecule has 0 aromatic rings. The van der Waals surface area contributed by atoms with E-state index >= 15 is 0 Å². The molecule has 8 aliphatic rings. The van der Waals surface area contributed by atoms with Crippen molar-refractivity contribution in [2.45, 2.75) is 300 Å². The van der Waals surface area contributed by atoms with Crippen molar-refractivity contribution in [2.75, 3.05) is 19.8 Å². The van der Waals surface area contributed by atoms with E-state index < -0.39 is 274 Å². The first kappa shape index (κ1) is 84.4. The summed E-state index contributed by atoms with van der Waals surface area (Å²) in [6.45, 7) is 9.39. The maximum absolute atomic E-state index is 11.5. The molecule has 0 saturated carbocycles. The van der Waals surface area contributed by atoms with Crippen LogP contribution in [0.5, 0.6) is 0 Å². The van der Waals surface area contributed by atoms with Gasteiger partial charge in [-0.1, -0.05) is 0 Å². The third-order valence-corrected chi connectivity index (χ3v) is 17.4. The van der Waals surface area contributed by atoms with Gasteiger partial charge in [0, 0.05) is 0 Å². The smallest absolute Gasteiger partial charge is 0.335 e. The molecule has 0 bridgehead atoms. The summed E-state index contributed by atoms with van der Waals surface area (Å²) in [6, 6.07) is 0. The van der Waals surface area contributed by atoms with Gasteiger partial charge >= 0.3 is 5.97 Å². The molecule has 0 amide bonds. The lowest BCUT2D eigenvalue weighted by atomic mass is 9.94. The van der Waals surface area contributed by atoms with Crippen molar-refractivity contribution in [1.29, 1.82) is 0 Å². The Morgan fingerprint density at radius 2 is 0.474 bits per heavy atom. The van der Waals surface area contributed by atoms with Crippen molar-refractivity contribution in [3.05, 3.63) is 0 Å². The Hall–Kier alpha value is -3.25. The van der Waals surface area contributed by atoms with Crippen molar-refractivity contribution in [2.24, 2.45) is 0 Å². The third-order valence-electron chi connectivity index (χ3n) is 17.4. The monoisotopic (exact) mass is 1420 g/mol. The van der Waals surface area contributed by atoms with E-state index in [1.165, 1.54) is 27.7 Å². The van der Waals surface area contributed by atoms with Crippen molar-refractivity contribution >= 4 is 29.1 Å². The molecule has 8 fully saturated rings. The predicted octanol–water partition coefficient (Wildman–Crippen LogP) is -14.8. The van der Waals surface area contributed by atoms with Crippen LogP contribution in [-0.2, 0) is 80.8 Å². The molecule has 8 aliphatic heterocycles. The molecule has 0 aliphatic carbocycles. The number of aliphatic hydroxyl groups is 23. The summed E-state index contributed by atoms with van der Waals surface area (Å²) in [5.74, 6) is -3.80. The van der Waals surface area contributed by atoms with Gasteiger partial charge in [-0.2, -0.15) is 0 Å². The van der Waals surface area contributed by atoms with Crippen molar-refractivity contribution in [3.8, 4) is 0 Å². The highest BCUT2D eigenvalue weighted by Gasteiger charge is 2.55. The second-order valence-corrected chi connectivity index (χ2v) is 24.8. The van der Waals surface area contributed by atoms with Crippen molar-refractivity contribution in [1.82, 2.24) is 0 Å². The number of ketones is 4. The average Bonchev–Trinajstić information content (AvgIpc) is 0.792. The predicted molar refractivity (Wildman–Crippen MR) is 303 cm³/mol. The molecule has 0 spiro atoms. The van der Waals surface area contributed by atoms with Crippen LogP contribution in [0.2, 0.25) is 0 Å². The number of Topliss-reactive ketones (excluding diaryl/α,β-unsaturated/α-hetero) is 4. The molecule has 40 atom stereocenters. The molecule has 0 aromatic heterocycles. The Kier molecular flexibility index (Phi) is 31.5. The molecule has 8 heterocycles. The summed E-state index contributed by atoms with van der Waals surface area (Å²) in [5.41, 5.74) is 0. The van der Waals surface area contributed by atoms with Gasteiger partial charge in [0.15, 0.2) is 54.4 Å². The number of aliphatic carboxylic acids is 1. The lowest BCUT2D eigenvalue weighted by Gasteiger charge is -2.44. The second kappa shape index (κ2) is 36.3. The molecule has 41 heteroatoms. The maximum atomic E-state index is 11.5. The van der Waals surface area contributed by atoms with E-state index in [0.29, 0.717) is 0 Å². The number of rotatable bonds is 16. The maximum Gasteiger partial charge on any atom is 0.335 e. The molecule has 24 N–H and O–H groups in total. The summed E-state index contributed by atoms with van der Waals surface area (Å²) >= 11 is 0. The van der Waals surface area contributed by atoms with Crippen LogP contribution in [-0.4, -0.2) is 416 Å². The standard InChI is InChI=1S/C14H22O11.3C14H24O10/c1-3(15)10-8(19)6(17)9(20)14(24-10)25-11-7(18)5(16)4(2)23-12(11)13(21)22;3*1-4(15)13-11(20)10(19)12(21)14(24-13)22-3-6-8(17)9(18)7(16)5(2)23-6/h4-12,14,16-20H,1-2H3,(H,21,22);3*5-14,16-21H,3H2,1-2H3/t4-,5?,6-,7+,8-,9?,10?,11-,12?,14+;5-,6?,7?,8+,9+,10-,11+,12?,13?,14-;5-,6?,7?,8+,9+,10-,11-,12?,13?,14+;5-,6?,7?,8+,9+,10-,11-,12?,13?,14-/m0000/s1. The summed E-state index contributed by atoms with van der Waals surface area (Å²) in [7, 11) is 0. The SMILES string of the molecule is CC(=O)C1O[C@@H](OCC2O[C@@H](C)C(O)[C@@H](O)[C@@H]2O)C(O)[C@@H](O)[C@@H]1O.CC(=O)C1O[C@H](OCC2O[C@@H](C)C(O)[C@@H](O)[C@@H]2O)C(O)[C@@H](O)[C@@H]1O.CC(=O)C1O[C@H](OCC2O[C@@H](C)C(O)[C@@H](O)[C@@H]2O)C(O)[C@@H](O)[C@H]1O.CC(=O)C1O[C@H](O[C@@H]2C(C(=O)O)O[C@@H](C)C(O)[C@H]2O)C(O)[C@@H](O)[C@@H]1O.